The van der Waals surface area contributed by atoms with Gasteiger partial charge in [-0.25, -0.2) is 4.79 Å². The van der Waals surface area contributed by atoms with Gasteiger partial charge in [0.05, 0.1) is 13.0 Å². The van der Waals surface area contributed by atoms with E-state index in [1.807, 2.05) is 0 Å². The van der Waals surface area contributed by atoms with Crippen LogP contribution in [0.2, 0.25) is 0 Å². The lowest BCUT2D eigenvalue weighted by Crippen LogP contribution is -2.22. The number of rotatable bonds is 6. The molecule has 0 aliphatic carbocycles. The van der Waals surface area contributed by atoms with Crippen molar-refractivity contribution in [2.45, 2.75) is 19.4 Å². The van der Waals surface area contributed by atoms with Crippen LogP contribution in [-0.2, 0) is 16.1 Å². The molecule has 0 bridgehead atoms. The average Bonchev–Trinajstić information content (AvgIpc) is 2.72. The van der Waals surface area contributed by atoms with Crippen molar-refractivity contribution in [2.75, 3.05) is 0 Å². The molecule has 0 unspecified atom stereocenters. The van der Waals surface area contributed by atoms with Crippen LogP contribution in [0.25, 0.3) is 0 Å². The lowest BCUT2D eigenvalue weighted by molar-refractivity contribution is -0.138. The Hall–Kier alpha value is -2.31. The topological polar surface area (TPSA) is 117 Å². The molecular formula is C10H11NO6. The first-order valence-corrected chi connectivity index (χ1v) is 4.79. The van der Waals surface area contributed by atoms with Crippen LogP contribution in [-0.4, -0.2) is 28.1 Å². The molecule has 92 valence electrons. The van der Waals surface area contributed by atoms with Gasteiger partial charge in [-0.05, 0) is 12.1 Å². The zero-order valence-electron chi connectivity index (χ0n) is 8.80. The normalized spacial score (nSPS) is 9.88. The first kappa shape index (κ1) is 12.8. The minimum absolute atomic E-state index is 0.0335. The molecule has 7 nitrogen and oxygen atoms in total. The number of amides is 1. The van der Waals surface area contributed by atoms with E-state index in [4.69, 9.17) is 14.6 Å². The van der Waals surface area contributed by atoms with Crippen molar-refractivity contribution < 1.29 is 29.0 Å². The fourth-order valence-corrected chi connectivity index (χ4v) is 1.08. The van der Waals surface area contributed by atoms with E-state index in [9.17, 15) is 14.4 Å². The van der Waals surface area contributed by atoms with Crippen molar-refractivity contribution in [3.05, 3.63) is 23.7 Å². The largest absolute Gasteiger partial charge is 0.481 e. The summed E-state index contributed by atoms with van der Waals surface area (Å²) in [5.41, 5.74) is 0. The summed E-state index contributed by atoms with van der Waals surface area (Å²) in [6, 6.07) is 2.71. The third kappa shape index (κ3) is 4.37. The highest BCUT2D eigenvalue weighted by Gasteiger charge is 2.10. The molecule has 0 aliphatic heterocycles. The Balaban J connectivity index is 2.36. The summed E-state index contributed by atoms with van der Waals surface area (Å²) in [5.74, 6) is -2.58. The molecular weight excluding hydrogens is 230 g/mol. The minimum Gasteiger partial charge on any atom is -0.481 e. The Labute approximate surface area is 96.0 Å². The zero-order valence-corrected chi connectivity index (χ0v) is 8.80. The average molecular weight is 241 g/mol. The van der Waals surface area contributed by atoms with E-state index in [2.05, 4.69) is 5.32 Å². The number of furan rings is 1. The van der Waals surface area contributed by atoms with Gasteiger partial charge in [0.1, 0.15) is 5.76 Å². The third-order valence-electron chi connectivity index (χ3n) is 1.90. The summed E-state index contributed by atoms with van der Waals surface area (Å²) in [6.07, 6.45) is -0.369. The van der Waals surface area contributed by atoms with Gasteiger partial charge in [-0.3, -0.25) is 9.59 Å². The highest BCUT2D eigenvalue weighted by atomic mass is 16.4. The Morgan fingerprint density at radius 3 is 2.41 bits per heavy atom. The van der Waals surface area contributed by atoms with Gasteiger partial charge in [0.25, 0.3) is 0 Å². The van der Waals surface area contributed by atoms with E-state index in [1.165, 1.54) is 12.1 Å². The van der Waals surface area contributed by atoms with E-state index in [0.29, 0.717) is 5.76 Å². The van der Waals surface area contributed by atoms with Gasteiger partial charge in [0.15, 0.2) is 0 Å². The second-order valence-electron chi connectivity index (χ2n) is 3.24. The van der Waals surface area contributed by atoms with Crippen LogP contribution >= 0.6 is 0 Å². The van der Waals surface area contributed by atoms with Crippen molar-refractivity contribution >= 4 is 17.8 Å². The van der Waals surface area contributed by atoms with Crippen molar-refractivity contribution in [3.8, 4) is 0 Å². The molecule has 7 heteroatoms. The maximum atomic E-state index is 11.1. The van der Waals surface area contributed by atoms with Gasteiger partial charge in [-0.15, -0.1) is 0 Å². The Morgan fingerprint density at radius 1 is 1.18 bits per heavy atom. The molecule has 0 atom stereocenters. The number of carbonyl (C=O) groups is 3. The van der Waals surface area contributed by atoms with Crippen LogP contribution in [0.4, 0.5) is 0 Å². The van der Waals surface area contributed by atoms with Crippen molar-refractivity contribution in [3.63, 3.8) is 0 Å². The first-order valence-electron chi connectivity index (χ1n) is 4.79. The number of hydrogen-bond donors (Lipinski definition) is 3. The maximum absolute atomic E-state index is 11.1. The van der Waals surface area contributed by atoms with E-state index in [-0.39, 0.29) is 25.1 Å². The van der Waals surface area contributed by atoms with E-state index < -0.39 is 17.8 Å². The molecule has 1 rings (SSSR count). The molecule has 1 heterocycles. The second-order valence-corrected chi connectivity index (χ2v) is 3.24. The van der Waals surface area contributed by atoms with Gasteiger partial charge in [0.2, 0.25) is 11.7 Å². The number of carboxylic acid groups (broad SMARTS) is 2. The molecule has 0 fully saturated rings. The van der Waals surface area contributed by atoms with E-state index >= 15 is 0 Å². The van der Waals surface area contributed by atoms with Crippen LogP contribution < -0.4 is 5.32 Å². The van der Waals surface area contributed by atoms with Crippen LogP contribution in [0.5, 0.6) is 0 Å². The number of aliphatic carboxylic acids is 1. The smallest absolute Gasteiger partial charge is 0.371 e. The second kappa shape index (κ2) is 5.69. The summed E-state index contributed by atoms with van der Waals surface area (Å²) in [6.45, 7) is 0.0335. The summed E-state index contributed by atoms with van der Waals surface area (Å²) in [5, 5.41) is 19.3. The Bertz CT molecular complexity index is 436. The highest BCUT2D eigenvalue weighted by molar-refractivity contribution is 5.84. The van der Waals surface area contributed by atoms with Gasteiger partial charge in [-0.2, -0.15) is 0 Å². The number of nitrogens with one attached hydrogen (secondary N) is 1. The Morgan fingerprint density at radius 2 is 1.88 bits per heavy atom. The van der Waals surface area contributed by atoms with Gasteiger partial charge >= 0.3 is 11.9 Å². The summed E-state index contributed by atoms with van der Waals surface area (Å²) in [4.78, 5) is 31.8. The number of aromatic carboxylic acids is 1. The standard InChI is InChI=1S/C10H11NO6/c12-8(3-4-9(13)14)11-5-6-1-2-7(17-6)10(15)16/h1-2H,3-5H2,(H,11,12)(H,13,14)(H,15,16). The molecule has 1 aromatic heterocycles. The lowest BCUT2D eigenvalue weighted by atomic mass is 10.3. The lowest BCUT2D eigenvalue weighted by Gasteiger charge is -2.01. The fraction of sp³-hybridized carbons (Fsp3) is 0.300. The molecule has 3 N–H and O–H groups in total. The van der Waals surface area contributed by atoms with Crippen molar-refractivity contribution in [1.29, 1.82) is 0 Å². The van der Waals surface area contributed by atoms with Crippen LogP contribution in [0.3, 0.4) is 0 Å². The van der Waals surface area contributed by atoms with Crippen LogP contribution in [0, 0.1) is 0 Å². The molecule has 17 heavy (non-hydrogen) atoms. The summed E-state index contributed by atoms with van der Waals surface area (Å²) in [7, 11) is 0. The predicted molar refractivity (Wildman–Crippen MR) is 54.4 cm³/mol. The monoisotopic (exact) mass is 241 g/mol. The molecule has 0 saturated carbocycles. The molecule has 0 aromatic carbocycles. The van der Waals surface area contributed by atoms with Gasteiger partial charge in [0, 0.05) is 6.42 Å². The van der Waals surface area contributed by atoms with Gasteiger partial charge < -0.3 is 19.9 Å². The molecule has 1 amide bonds. The zero-order chi connectivity index (χ0) is 12.8. The van der Waals surface area contributed by atoms with Crippen LogP contribution in [0.15, 0.2) is 16.5 Å². The fourth-order valence-electron chi connectivity index (χ4n) is 1.08. The van der Waals surface area contributed by atoms with E-state index in [0.717, 1.165) is 0 Å². The van der Waals surface area contributed by atoms with Gasteiger partial charge in [-0.1, -0.05) is 0 Å². The molecule has 1 aromatic rings. The molecule has 0 spiro atoms. The third-order valence-corrected chi connectivity index (χ3v) is 1.90. The highest BCUT2D eigenvalue weighted by Crippen LogP contribution is 2.07. The van der Waals surface area contributed by atoms with E-state index in [1.54, 1.807) is 0 Å². The Kier molecular flexibility index (Phi) is 4.27. The first-order chi connectivity index (χ1) is 7.99. The minimum atomic E-state index is -1.19. The number of carboxylic acids is 2. The summed E-state index contributed by atoms with van der Waals surface area (Å²) < 4.78 is 4.89. The number of hydrogen-bond acceptors (Lipinski definition) is 4. The molecule has 0 radical (unpaired) electrons. The number of carbonyl (C=O) groups excluding carboxylic acids is 1. The molecule has 0 saturated heterocycles. The SMILES string of the molecule is O=C(O)CCC(=O)NCc1ccc(C(=O)O)o1. The van der Waals surface area contributed by atoms with Crippen molar-refractivity contribution in [1.82, 2.24) is 5.32 Å². The summed E-state index contributed by atoms with van der Waals surface area (Å²) >= 11 is 0. The van der Waals surface area contributed by atoms with Crippen LogP contribution in [0.1, 0.15) is 29.2 Å². The molecule has 0 aliphatic rings. The quantitative estimate of drug-likeness (QED) is 0.666. The van der Waals surface area contributed by atoms with Crippen molar-refractivity contribution in [2.24, 2.45) is 0 Å². The maximum Gasteiger partial charge on any atom is 0.371 e. The predicted octanol–water partition coefficient (Wildman–Crippen LogP) is 0.459.